The molecule has 28 heavy (non-hydrogen) atoms. The highest BCUT2D eigenvalue weighted by Gasteiger charge is 2.33. The molecule has 0 saturated heterocycles. The van der Waals surface area contributed by atoms with Gasteiger partial charge in [0, 0.05) is 11.1 Å². The first-order valence-electron chi connectivity index (χ1n) is 10.1. The molecule has 0 radical (unpaired) electrons. The third-order valence-corrected chi connectivity index (χ3v) is 6.09. The van der Waals surface area contributed by atoms with Crippen LogP contribution in [0, 0.1) is 20.8 Å². The molecule has 1 aromatic carbocycles. The smallest absolute Gasteiger partial charge is 0.330 e. The van der Waals surface area contributed by atoms with Gasteiger partial charge in [-0.2, -0.15) is 0 Å². The molecule has 0 bridgehead atoms. The number of aromatic hydroxyl groups is 1. The molecule has 1 heterocycles. The number of phenols is 1. The van der Waals surface area contributed by atoms with Crippen molar-refractivity contribution in [1.29, 1.82) is 0 Å². The minimum atomic E-state index is -0.849. The summed E-state index contributed by atoms with van der Waals surface area (Å²) in [4.78, 5) is 10.8. The Kier molecular flexibility index (Phi) is 6.97. The molecule has 1 aliphatic rings. The highest BCUT2D eigenvalue weighted by molar-refractivity contribution is 5.85. The lowest BCUT2D eigenvalue weighted by Gasteiger charge is -2.38. The first-order valence-corrected chi connectivity index (χ1v) is 10.1. The van der Waals surface area contributed by atoms with Crippen LogP contribution in [0.3, 0.4) is 0 Å². The van der Waals surface area contributed by atoms with Crippen LogP contribution in [0.4, 0.5) is 0 Å². The maximum absolute atomic E-state index is 10.8. The van der Waals surface area contributed by atoms with Crippen LogP contribution in [0.15, 0.2) is 23.3 Å². The minimum Gasteiger partial charge on any atom is -0.507 e. The number of carboxylic acids is 1. The zero-order valence-corrected chi connectivity index (χ0v) is 18.1. The number of carbonyl (C=O) groups is 1. The van der Waals surface area contributed by atoms with Gasteiger partial charge >= 0.3 is 5.97 Å². The van der Waals surface area contributed by atoms with Gasteiger partial charge in [-0.05, 0) is 96.8 Å². The Hall–Kier alpha value is -2.23. The average Bonchev–Trinajstić information content (AvgIpc) is 2.64. The predicted octanol–water partition coefficient (Wildman–Crippen LogP) is 5.94. The minimum absolute atomic E-state index is 0.204. The van der Waals surface area contributed by atoms with Crippen LogP contribution in [0.25, 0.3) is 0 Å². The van der Waals surface area contributed by atoms with Crippen LogP contribution in [0.5, 0.6) is 11.5 Å². The number of hydrogen-bond donors (Lipinski definition) is 2. The molecule has 2 N–H and O–H groups in total. The second-order valence-electron chi connectivity index (χ2n) is 8.40. The van der Waals surface area contributed by atoms with Crippen molar-refractivity contribution in [2.45, 2.75) is 85.7 Å². The molecule has 0 saturated carbocycles. The summed E-state index contributed by atoms with van der Waals surface area (Å²) in [7, 11) is 0. The van der Waals surface area contributed by atoms with Gasteiger partial charge in [0.15, 0.2) is 0 Å². The fourth-order valence-corrected chi connectivity index (χ4v) is 3.80. The number of fused-ring (bicyclic) bond motifs is 1. The van der Waals surface area contributed by atoms with Crippen molar-refractivity contribution >= 4 is 5.97 Å². The standard InChI is InChI=1S/C24H34O4/c1-15(9-7-11-16(2)23(26)27)10-8-13-24(6)14-12-20-19(5)21(25)17(3)18(4)22(20)28-24/h10-11,25H,7-9,12-14H2,1-6H3,(H,26,27). The highest BCUT2D eigenvalue weighted by Crippen LogP contribution is 2.44. The van der Waals surface area contributed by atoms with Crippen LogP contribution in [0.1, 0.15) is 75.1 Å². The maximum atomic E-state index is 10.8. The Morgan fingerprint density at radius 1 is 1.11 bits per heavy atom. The lowest BCUT2D eigenvalue weighted by molar-refractivity contribution is -0.132. The van der Waals surface area contributed by atoms with Gasteiger partial charge in [-0.15, -0.1) is 0 Å². The fraction of sp³-hybridized carbons (Fsp3) is 0.542. The quantitative estimate of drug-likeness (QED) is 0.449. The van der Waals surface area contributed by atoms with Crippen LogP contribution in [-0.4, -0.2) is 21.8 Å². The number of benzene rings is 1. The first-order chi connectivity index (χ1) is 13.1. The summed E-state index contributed by atoms with van der Waals surface area (Å²) in [5.74, 6) is 0.504. The molecule has 0 spiro atoms. The largest absolute Gasteiger partial charge is 0.507 e. The molecule has 4 nitrogen and oxygen atoms in total. The molecule has 4 heteroatoms. The molecule has 1 unspecified atom stereocenters. The molecule has 0 fully saturated rings. The molecule has 2 rings (SSSR count). The molecule has 1 aromatic rings. The van der Waals surface area contributed by atoms with E-state index in [1.807, 2.05) is 20.8 Å². The van der Waals surface area contributed by atoms with Crippen LogP contribution in [-0.2, 0) is 11.2 Å². The van der Waals surface area contributed by atoms with Gasteiger partial charge in [-0.1, -0.05) is 17.7 Å². The second kappa shape index (κ2) is 8.85. The van der Waals surface area contributed by atoms with Gasteiger partial charge in [-0.25, -0.2) is 4.79 Å². The van der Waals surface area contributed by atoms with Crippen molar-refractivity contribution in [1.82, 2.24) is 0 Å². The highest BCUT2D eigenvalue weighted by atomic mass is 16.5. The number of rotatable bonds is 7. The maximum Gasteiger partial charge on any atom is 0.330 e. The average molecular weight is 387 g/mol. The fourth-order valence-electron chi connectivity index (χ4n) is 3.80. The molecule has 0 aliphatic carbocycles. The lowest BCUT2D eigenvalue weighted by atomic mass is 9.85. The Morgan fingerprint density at radius 2 is 1.79 bits per heavy atom. The zero-order chi connectivity index (χ0) is 21.1. The number of aliphatic carboxylic acids is 1. The lowest BCUT2D eigenvalue weighted by Crippen LogP contribution is -2.37. The number of carboxylic acid groups (broad SMARTS) is 1. The number of hydrogen-bond acceptors (Lipinski definition) is 3. The summed E-state index contributed by atoms with van der Waals surface area (Å²) in [5.41, 5.74) is 5.51. The van der Waals surface area contributed by atoms with Gasteiger partial charge in [0.05, 0.1) is 0 Å². The number of allylic oxidation sites excluding steroid dienone is 3. The van der Waals surface area contributed by atoms with E-state index in [2.05, 4.69) is 19.9 Å². The van der Waals surface area contributed by atoms with Crippen LogP contribution in [0.2, 0.25) is 0 Å². The number of phenolic OH excluding ortho intramolecular Hbond substituents is 1. The van der Waals surface area contributed by atoms with Crippen molar-refractivity contribution < 1.29 is 19.7 Å². The predicted molar refractivity (Wildman–Crippen MR) is 113 cm³/mol. The van der Waals surface area contributed by atoms with E-state index in [0.29, 0.717) is 11.3 Å². The van der Waals surface area contributed by atoms with Gasteiger partial charge < -0.3 is 14.9 Å². The Morgan fingerprint density at radius 3 is 2.43 bits per heavy atom. The summed E-state index contributed by atoms with van der Waals surface area (Å²) in [6, 6.07) is 0. The molecule has 154 valence electrons. The molecule has 1 aliphatic heterocycles. The Balaban J connectivity index is 1.99. The number of ether oxygens (including phenoxy) is 1. The third kappa shape index (κ3) is 4.98. The van der Waals surface area contributed by atoms with E-state index in [-0.39, 0.29) is 5.60 Å². The van der Waals surface area contributed by atoms with E-state index in [1.165, 1.54) is 5.57 Å². The zero-order valence-electron chi connectivity index (χ0n) is 18.1. The summed E-state index contributed by atoms with van der Waals surface area (Å²) in [6.07, 6.45) is 9.40. The van der Waals surface area contributed by atoms with Gasteiger partial charge in [0.2, 0.25) is 0 Å². The van der Waals surface area contributed by atoms with E-state index in [4.69, 9.17) is 9.84 Å². The summed E-state index contributed by atoms with van der Waals surface area (Å²) >= 11 is 0. The second-order valence-corrected chi connectivity index (χ2v) is 8.40. The molecular formula is C24H34O4. The molecule has 0 amide bonds. The third-order valence-electron chi connectivity index (χ3n) is 6.09. The van der Waals surface area contributed by atoms with Crippen molar-refractivity contribution in [2.75, 3.05) is 0 Å². The summed E-state index contributed by atoms with van der Waals surface area (Å²) in [5, 5.41) is 19.2. The Labute approximate surface area is 168 Å². The van der Waals surface area contributed by atoms with Crippen LogP contribution < -0.4 is 4.74 Å². The summed E-state index contributed by atoms with van der Waals surface area (Å²) in [6.45, 7) is 11.8. The van der Waals surface area contributed by atoms with E-state index in [1.54, 1.807) is 13.0 Å². The van der Waals surface area contributed by atoms with E-state index >= 15 is 0 Å². The molecular weight excluding hydrogens is 352 g/mol. The van der Waals surface area contributed by atoms with Gasteiger partial charge in [0.25, 0.3) is 0 Å². The van der Waals surface area contributed by atoms with E-state index in [9.17, 15) is 9.90 Å². The van der Waals surface area contributed by atoms with Crippen molar-refractivity contribution in [2.24, 2.45) is 0 Å². The van der Waals surface area contributed by atoms with Crippen LogP contribution >= 0.6 is 0 Å². The summed E-state index contributed by atoms with van der Waals surface area (Å²) < 4.78 is 6.47. The topological polar surface area (TPSA) is 66.8 Å². The van der Waals surface area contributed by atoms with Crippen molar-refractivity contribution in [3.63, 3.8) is 0 Å². The van der Waals surface area contributed by atoms with E-state index in [0.717, 1.165) is 66.5 Å². The first kappa shape index (κ1) is 22.1. The van der Waals surface area contributed by atoms with Crippen molar-refractivity contribution in [3.05, 3.63) is 45.6 Å². The monoisotopic (exact) mass is 386 g/mol. The normalized spacial score (nSPS) is 19.9. The van der Waals surface area contributed by atoms with Gasteiger partial charge in [0.1, 0.15) is 17.1 Å². The molecule has 0 aromatic heterocycles. The van der Waals surface area contributed by atoms with Gasteiger partial charge in [-0.3, -0.25) is 0 Å². The molecule has 1 atom stereocenters. The SMILES string of the molecule is CC(=CCCC1(C)CCc2c(C)c(O)c(C)c(C)c2O1)CCC=C(C)C(=O)O. The Bertz CT molecular complexity index is 817. The van der Waals surface area contributed by atoms with Crippen molar-refractivity contribution in [3.8, 4) is 11.5 Å². The van der Waals surface area contributed by atoms with E-state index < -0.39 is 5.97 Å².